The zero-order chi connectivity index (χ0) is 21.5. The molecule has 1 aromatic carbocycles. The van der Waals surface area contributed by atoms with Gasteiger partial charge in [-0.1, -0.05) is 18.2 Å². The van der Waals surface area contributed by atoms with Crippen LogP contribution in [0.5, 0.6) is 0 Å². The van der Waals surface area contributed by atoms with E-state index in [0.717, 1.165) is 16.4 Å². The van der Waals surface area contributed by atoms with Gasteiger partial charge >= 0.3 is 0 Å². The highest BCUT2D eigenvalue weighted by Gasteiger charge is 2.22. The summed E-state index contributed by atoms with van der Waals surface area (Å²) in [5.74, 6) is -0.609. The van der Waals surface area contributed by atoms with E-state index in [-0.39, 0.29) is 22.1 Å². The van der Waals surface area contributed by atoms with Crippen LogP contribution in [0.2, 0.25) is 0 Å². The fourth-order valence-corrected chi connectivity index (χ4v) is 4.85. The van der Waals surface area contributed by atoms with Crippen LogP contribution in [0.15, 0.2) is 71.2 Å². The number of hydrogen-bond donors (Lipinski definition) is 0. The van der Waals surface area contributed by atoms with Crippen molar-refractivity contribution in [1.29, 1.82) is 0 Å². The second-order valence-electron chi connectivity index (χ2n) is 6.62. The Labute approximate surface area is 172 Å². The first-order valence-corrected chi connectivity index (χ1v) is 12.0. The Kier molecular flexibility index (Phi) is 4.86. The summed E-state index contributed by atoms with van der Waals surface area (Å²) in [5.41, 5.74) is 1.10. The molecule has 0 aliphatic carbocycles. The third-order valence-electron chi connectivity index (χ3n) is 4.37. The molecule has 3 aromatic heterocycles. The molecule has 4 rings (SSSR count). The monoisotopic (exact) mass is 446 g/mol. The van der Waals surface area contributed by atoms with Gasteiger partial charge in [-0.15, -0.1) is 0 Å². The van der Waals surface area contributed by atoms with E-state index in [1.54, 1.807) is 18.2 Å². The maximum Gasteiger partial charge on any atom is 0.269 e. The molecule has 3 heterocycles. The number of aromatic nitrogens is 4. The summed E-state index contributed by atoms with van der Waals surface area (Å²) in [6, 6.07) is 9.04. The predicted molar refractivity (Wildman–Crippen MR) is 107 cm³/mol. The summed E-state index contributed by atoms with van der Waals surface area (Å²) in [7, 11) is -7.50. The van der Waals surface area contributed by atoms with Gasteiger partial charge in [0.1, 0.15) is 5.82 Å². The van der Waals surface area contributed by atoms with Crippen molar-refractivity contribution in [3.63, 3.8) is 0 Å². The second kappa shape index (κ2) is 7.26. The third kappa shape index (κ3) is 3.68. The number of halogens is 1. The van der Waals surface area contributed by atoms with E-state index < -0.39 is 25.7 Å². The third-order valence-corrected chi connectivity index (χ3v) is 6.91. The minimum Gasteiger partial charge on any atom is -0.234 e. The molecule has 0 saturated carbocycles. The molecule has 0 unspecified atom stereocenters. The van der Waals surface area contributed by atoms with Crippen molar-refractivity contribution in [3.8, 4) is 0 Å². The normalized spacial score (nSPS) is 12.3. The average Bonchev–Trinajstić information content (AvgIpc) is 3.07. The van der Waals surface area contributed by atoms with Crippen LogP contribution in [0, 0.1) is 5.82 Å². The average molecular weight is 446 g/mol. The number of pyridine rings is 1. The van der Waals surface area contributed by atoms with Gasteiger partial charge < -0.3 is 0 Å². The van der Waals surface area contributed by atoms with Crippen molar-refractivity contribution < 1.29 is 21.2 Å². The predicted octanol–water partition coefficient (Wildman–Crippen LogP) is 2.20. The summed E-state index contributed by atoms with van der Waals surface area (Å²) in [5, 5.41) is 0.00902. The highest BCUT2D eigenvalue weighted by Crippen LogP contribution is 2.27. The van der Waals surface area contributed by atoms with Crippen LogP contribution in [-0.4, -0.2) is 42.0 Å². The van der Waals surface area contributed by atoms with Crippen LogP contribution >= 0.6 is 0 Å². The molecule has 8 nitrogen and oxygen atoms in total. The Morgan fingerprint density at radius 1 is 0.967 bits per heavy atom. The molecule has 0 saturated heterocycles. The highest BCUT2D eigenvalue weighted by atomic mass is 32.2. The van der Waals surface area contributed by atoms with Crippen molar-refractivity contribution in [1.82, 2.24) is 18.9 Å². The van der Waals surface area contributed by atoms with E-state index in [1.807, 2.05) is 0 Å². The first-order chi connectivity index (χ1) is 14.2. The molecule has 0 spiro atoms. The molecule has 154 valence electrons. The molecule has 0 aliphatic heterocycles. The zero-order valence-corrected chi connectivity index (χ0v) is 17.2. The number of sulfone groups is 1. The summed E-state index contributed by atoms with van der Waals surface area (Å²) in [4.78, 5) is 11.7. The van der Waals surface area contributed by atoms with Crippen LogP contribution in [0.4, 0.5) is 4.39 Å². The Balaban J connectivity index is 1.83. The van der Waals surface area contributed by atoms with Crippen molar-refractivity contribution in [2.24, 2.45) is 0 Å². The van der Waals surface area contributed by atoms with Gasteiger partial charge in [-0.2, -0.15) is 0 Å². The van der Waals surface area contributed by atoms with Gasteiger partial charge in [-0.25, -0.2) is 40.2 Å². The zero-order valence-electron chi connectivity index (χ0n) is 15.6. The standard InChI is InChI=1S/C19H15FN4O4S2/c1-29(25,26)19-22-9-13(10-23-19)7-14-12-24(18-17(14)8-15(20)11-21-18)30(27,28)16-5-3-2-4-6-16/h2-6,8-12H,7H2,1H3. The number of fused-ring (bicyclic) bond motifs is 1. The molecular weight excluding hydrogens is 431 g/mol. The number of nitrogens with zero attached hydrogens (tertiary/aromatic N) is 4. The van der Waals surface area contributed by atoms with Gasteiger partial charge in [-0.3, -0.25) is 0 Å². The lowest BCUT2D eigenvalue weighted by Gasteiger charge is -2.06. The molecule has 11 heteroatoms. The first kappa shape index (κ1) is 20.1. The van der Waals surface area contributed by atoms with E-state index in [4.69, 9.17) is 0 Å². The minimum atomic E-state index is -3.95. The first-order valence-electron chi connectivity index (χ1n) is 8.63. The van der Waals surface area contributed by atoms with Gasteiger partial charge in [0, 0.05) is 36.7 Å². The smallest absolute Gasteiger partial charge is 0.234 e. The van der Waals surface area contributed by atoms with Crippen LogP contribution in [-0.2, 0) is 26.3 Å². The van der Waals surface area contributed by atoms with E-state index in [2.05, 4.69) is 15.0 Å². The maximum atomic E-state index is 13.9. The highest BCUT2D eigenvalue weighted by molar-refractivity contribution is 7.90. The van der Waals surface area contributed by atoms with Gasteiger partial charge in [0.05, 0.1) is 11.1 Å². The minimum absolute atomic E-state index is 0.0698. The Morgan fingerprint density at radius 2 is 1.63 bits per heavy atom. The lowest BCUT2D eigenvalue weighted by molar-refractivity contribution is 0.587. The summed E-state index contributed by atoms with van der Waals surface area (Å²) in [6.45, 7) is 0. The lowest BCUT2D eigenvalue weighted by Crippen LogP contribution is -2.12. The van der Waals surface area contributed by atoms with Gasteiger partial charge in [0.2, 0.25) is 15.0 Å². The summed E-state index contributed by atoms with van der Waals surface area (Å²) in [6.07, 6.45) is 6.16. The van der Waals surface area contributed by atoms with Gasteiger partial charge in [0.25, 0.3) is 10.0 Å². The SMILES string of the molecule is CS(=O)(=O)c1ncc(Cc2cn(S(=O)(=O)c3ccccc3)c3ncc(F)cc23)cn1. The fourth-order valence-electron chi connectivity index (χ4n) is 2.99. The molecule has 30 heavy (non-hydrogen) atoms. The molecule has 0 atom stereocenters. The molecular formula is C19H15FN4O4S2. The van der Waals surface area contributed by atoms with Crippen LogP contribution in [0.25, 0.3) is 11.0 Å². The number of benzene rings is 1. The van der Waals surface area contributed by atoms with Crippen molar-refractivity contribution in [2.75, 3.05) is 6.26 Å². The quantitative estimate of drug-likeness (QED) is 0.432. The van der Waals surface area contributed by atoms with Crippen LogP contribution in [0.3, 0.4) is 0 Å². The van der Waals surface area contributed by atoms with E-state index in [0.29, 0.717) is 16.5 Å². The van der Waals surface area contributed by atoms with Crippen molar-refractivity contribution >= 4 is 30.9 Å². The fraction of sp³-hybridized carbons (Fsp3) is 0.105. The molecule has 0 radical (unpaired) electrons. The van der Waals surface area contributed by atoms with E-state index in [9.17, 15) is 21.2 Å². The Hall–Kier alpha value is -3.18. The Bertz CT molecular complexity index is 1450. The lowest BCUT2D eigenvalue weighted by atomic mass is 10.1. The van der Waals surface area contributed by atoms with Crippen LogP contribution < -0.4 is 0 Å². The van der Waals surface area contributed by atoms with Gasteiger partial charge in [-0.05, 0) is 29.3 Å². The molecule has 0 amide bonds. The molecule has 0 bridgehead atoms. The molecule has 4 aromatic rings. The summed E-state index contributed by atoms with van der Waals surface area (Å²) < 4.78 is 64.1. The maximum absolute atomic E-state index is 13.9. The van der Waals surface area contributed by atoms with Gasteiger partial charge in [0.15, 0.2) is 5.65 Å². The van der Waals surface area contributed by atoms with Crippen molar-refractivity contribution in [2.45, 2.75) is 16.5 Å². The van der Waals surface area contributed by atoms with Crippen LogP contribution in [0.1, 0.15) is 11.1 Å². The van der Waals surface area contributed by atoms with E-state index >= 15 is 0 Å². The number of rotatable bonds is 5. The molecule has 0 aliphatic rings. The second-order valence-corrected chi connectivity index (χ2v) is 10.3. The molecule has 0 N–H and O–H groups in total. The molecule has 0 fully saturated rings. The summed E-state index contributed by atoms with van der Waals surface area (Å²) >= 11 is 0. The number of hydrogen-bond acceptors (Lipinski definition) is 7. The topological polar surface area (TPSA) is 112 Å². The Morgan fingerprint density at radius 3 is 2.27 bits per heavy atom. The van der Waals surface area contributed by atoms with Crippen molar-refractivity contribution in [3.05, 3.63) is 78.1 Å². The van der Waals surface area contributed by atoms with E-state index in [1.165, 1.54) is 36.8 Å². The largest absolute Gasteiger partial charge is 0.269 e.